The van der Waals surface area contributed by atoms with Gasteiger partial charge in [0, 0.05) is 42.5 Å². The predicted octanol–water partition coefficient (Wildman–Crippen LogP) is 4.33. The molecule has 1 amide bonds. The Morgan fingerprint density at radius 3 is 2.66 bits per heavy atom. The van der Waals surface area contributed by atoms with Crippen LogP contribution in [0.2, 0.25) is 5.02 Å². The number of hydrazine groups is 1. The van der Waals surface area contributed by atoms with Crippen molar-refractivity contribution in [3.8, 4) is 5.88 Å². The fourth-order valence-corrected chi connectivity index (χ4v) is 3.91. The first-order valence-corrected chi connectivity index (χ1v) is 10.9. The first-order chi connectivity index (χ1) is 15.3. The molecule has 0 fully saturated rings. The molecule has 0 aliphatic heterocycles. The van der Waals surface area contributed by atoms with Gasteiger partial charge in [0.25, 0.3) is 5.91 Å². The first kappa shape index (κ1) is 25.4. The molecule has 1 heterocycles. The molecule has 0 aliphatic carbocycles. The molecule has 9 heteroatoms. The van der Waals surface area contributed by atoms with Crippen LogP contribution < -0.4 is 21.3 Å². The number of hydrogen-bond acceptors (Lipinski definition) is 6. The SMILES string of the molecule is CCCC(COc1ccc(F)cn1)C(CC)N(C)C(=O)c1cc(Cl)ccc1N(N)/C=C\N. The minimum Gasteiger partial charge on any atom is -0.477 e. The van der Waals surface area contributed by atoms with Crippen molar-refractivity contribution >= 4 is 23.2 Å². The van der Waals surface area contributed by atoms with Gasteiger partial charge in [0.2, 0.25) is 5.88 Å². The average molecular weight is 464 g/mol. The van der Waals surface area contributed by atoms with Gasteiger partial charge >= 0.3 is 0 Å². The Morgan fingerprint density at radius 1 is 1.31 bits per heavy atom. The molecule has 0 saturated carbocycles. The maximum Gasteiger partial charge on any atom is 0.256 e. The van der Waals surface area contributed by atoms with Crippen LogP contribution in [-0.2, 0) is 0 Å². The van der Waals surface area contributed by atoms with Gasteiger partial charge in [-0.2, -0.15) is 0 Å². The third-order valence-electron chi connectivity index (χ3n) is 5.30. The van der Waals surface area contributed by atoms with Crippen molar-refractivity contribution in [2.24, 2.45) is 17.5 Å². The van der Waals surface area contributed by atoms with E-state index in [-0.39, 0.29) is 17.9 Å². The third kappa shape index (κ3) is 6.58. The molecule has 2 rings (SSSR count). The van der Waals surface area contributed by atoms with Crippen LogP contribution in [0.4, 0.5) is 10.1 Å². The number of amides is 1. The Labute approximate surface area is 193 Å². The summed E-state index contributed by atoms with van der Waals surface area (Å²) in [5.74, 6) is 5.79. The summed E-state index contributed by atoms with van der Waals surface area (Å²) in [6.45, 7) is 4.46. The smallest absolute Gasteiger partial charge is 0.256 e. The second-order valence-corrected chi connectivity index (χ2v) is 7.91. The summed E-state index contributed by atoms with van der Waals surface area (Å²) in [4.78, 5) is 19.1. The topological polar surface area (TPSA) is 97.7 Å². The fourth-order valence-electron chi connectivity index (χ4n) is 3.74. The van der Waals surface area contributed by atoms with E-state index >= 15 is 0 Å². The van der Waals surface area contributed by atoms with E-state index in [1.54, 1.807) is 30.1 Å². The maximum absolute atomic E-state index is 13.5. The lowest BCUT2D eigenvalue weighted by Crippen LogP contribution is -2.44. The highest BCUT2D eigenvalue weighted by atomic mass is 35.5. The highest BCUT2D eigenvalue weighted by molar-refractivity contribution is 6.31. The van der Waals surface area contributed by atoms with Gasteiger partial charge in [0.05, 0.1) is 24.1 Å². The molecule has 32 heavy (non-hydrogen) atoms. The van der Waals surface area contributed by atoms with Crippen LogP contribution in [0.1, 0.15) is 43.5 Å². The van der Waals surface area contributed by atoms with E-state index in [1.165, 1.54) is 29.5 Å². The zero-order valence-corrected chi connectivity index (χ0v) is 19.4. The lowest BCUT2D eigenvalue weighted by atomic mass is 9.92. The Morgan fingerprint density at radius 2 is 2.06 bits per heavy atom. The molecule has 1 aromatic heterocycles. The van der Waals surface area contributed by atoms with Crippen LogP contribution >= 0.6 is 11.6 Å². The Kier molecular flexibility index (Phi) is 9.74. The second kappa shape index (κ2) is 12.3. The highest BCUT2D eigenvalue weighted by Crippen LogP contribution is 2.28. The minimum atomic E-state index is -0.421. The summed E-state index contributed by atoms with van der Waals surface area (Å²) in [6.07, 6.45) is 6.35. The molecule has 7 nitrogen and oxygen atoms in total. The van der Waals surface area contributed by atoms with Crippen molar-refractivity contribution in [1.82, 2.24) is 9.88 Å². The number of aromatic nitrogens is 1. The predicted molar refractivity (Wildman–Crippen MR) is 126 cm³/mol. The van der Waals surface area contributed by atoms with Gasteiger partial charge in [-0.3, -0.25) is 9.80 Å². The van der Waals surface area contributed by atoms with Crippen LogP contribution in [0.3, 0.4) is 0 Å². The van der Waals surface area contributed by atoms with Gasteiger partial charge in [-0.1, -0.05) is 31.9 Å². The molecule has 0 radical (unpaired) electrons. The number of benzene rings is 1. The lowest BCUT2D eigenvalue weighted by Gasteiger charge is -2.34. The number of halogens is 2. The molecule has 174 valence electrons. The Hall–Kier alpha value is -2.84. The summed E-state index contributed by atoms with van der Waals surface area (Å²) in [6, 6.07) is 7.63. The Balaban J connectivity index is 2.26. The zero-order valence-electron chi connectivity index (χ0n) is 18.7. The van der Waals surface area contributed by atoms with Crippen LogP contribution in [-0.4, -0.2) is 35.5 Å². The van der Waals surface area contributed by atoms with E-state index < -0.39 is 5.82 Å². The molecule has 1 aromatic carbocycles. The van der Waals surface area contributed by atoms with Gasteiger partial charge in [-0.15, -0.1) is 0 Å². The largest absolute Gasteiger partial charge is 0.477 e. The highest BCUT2D eigenvalue weighted by Gasteiger charge is 2.29. The van der Waals surface area contributed by atoms with E-state index in [2.05, 4.69) is 11.9 Å². The van der Waals surface area contributed by atoms with E-state index in [1.807, 2.05) is 6.92 Å². The third-order valence-corrected chi connectivity index (χ3v) is 5.53. The number of pyridine rings is 1. The van der Waals surface area contributed by atoms with Crippen molar-refractivity contribution in [3.63, 3.8) is 0 Å². The molecule has 4 N–H and O–H groups in total. The van der Waals surface area contributed by atoms with E-state index in [0.29, 0.717) is 28.8 Å². The number of nitrogens with two attached hydrogens (primary N) is 2. The van der Waals surface area contributed by atoms with Crippen molar-refractivity contribution in [3.05, 3.63) is 65.3 Å². The van der Waals surface area contributed by atoms with E-state index in [0.717, 1.165) is 25.5 Å². The molecule has 2 atom stereocenters. The molecule has 0 bridgehead atoms. The first-order valence-electron chi connectivity index (χ1n) is 10.6. The quantitative estimate of drug-likeness (QED) is 0.380. The summed E-state index contributed by atoms with van der Waals surface area (Å²) in [7, 11) is 1.76. The monoisotopic (exact) mass is 463 g/mol. The summed E-state index contributed by atoms with van der Waals surface area (Å²) >= 11 is 6.18. The molecule has 0 aliphatic rings. The minimum absolute atomic E-state index is 0.0476. The van der Waals surface area contributed by atoms with Crippen LogP contribution in [0.15, 0.2) is 48.9 Å². The van der Waals surface area contributed by atoms with Gasteiger partial charge in [-0.05, 0) is 37.1 Å². The molecular weight excluding hydrogens is 433 g/mol. The molecular formula is C23H31ClFN5O2. The van der Waals surface area contributed by atoms with Gasteiger partial charge in [0.1, 0.15) is 5.82 Å². The van der Waals surface area contributed by atoms with Crippen molar-refractivity contribution in [1.29, 1.82) is 0 Å². The summed E-state index contributed by atoms with van der Waals surface area (Å²) in [5, 5.41) is 1.71. The van der Waals surface area contributed by atoms with Crippen molar-refractivity contribution in [2.45, 2.75) is 39.2 Å². The lowest BCUT2D eigenvalue weighted by molar-refractivity contribution is 0.0604. The average Bonchev–Trinajstić information content (AvgIpc) is 2.78. The van der Waals surface area contributed by atoms with Crippen LogP contribution in [0.5, 0.6) is 5.88 Å². The van der Waals surface area contributed by atoms with Crippen molar-refractivity contribution < 1.29 is 13.9 Å². The van der Waals surface area contributed by atoms with Crippen LogP contribution in [0, 0.1) is 11.7 Å². The number of carbonyl (C=O) groups excluding carboxylic acids is 1. The zero-order chi connectivity index (χ0) is 23.7. The normalized spacial score (nSPS) is 13.1. The van der Waals surface area contributed by atoms with Crippen LogP contribution in [0.25, 0.3) is 0 Å². The van der Waals surface area contributed by atoms with E-state index in [4.69, 9.17) is 27.9 Å². The number of hydrogen-bond donors (Lipinski definition) is 2. The number of nitrogens with zero attached hydrogens (tertiary/aromatic N) is 3. The van der Waals surface area contributed by atoms with E-state index in [9.17, 15) is 9.18 Å². The van der Waals surface area contributed by atoms with Gasteiger partial charge in [0.15, 0.2) is 0 Å². The molecule has 0 spiro atoms. The second-order valence-electron chi connectivity index (χ2n) is 7.48. The number of anilines is 1. The summed E-state index contributed by atoms with van der Waals surface area (Å²) < 4.78 is 18.9. The standard InChI is InChI=1S/C23H31ClFN5O2/c1-4-6-16(15-32-22-10-8-18(25)14-28-22)20(5-2)29(3)23(31)19-13-17(24)7-9-21(19)30(27)12-11-26/h7-14,16,20H,4-6,15,26-27H2,1-3H3/b12-11-. The molecule has 0 saturated heterocycles. The molecule has 2 aromatic rings. The maximum atomic E-state index is 13.5. The number of rotatable bonds is 11. The number of ether oxygens (including phenoxy) is 1. The molecule has 2 unspecified atom stereocenters. The Bertz CT molecular complexity index is 910. The number of carbonyl (C=O) groups is 1. The summed E-state index contributed by atoms with van der Waals surface area (Å²) in [5.41, 5.74) is 6.31. The van der Waals surface area contributed by atoms with Gasteiger partial charge in [-0.25, -0.2) is 15.2 Å². The van der Waals surface area contributed by atoms with Crippen molar-refractivity contribution in [2.75, 3.05) is 18.7 Å². The van der Waals surface area contributed by atoms with Gasteiger partial charge < -0.3 is 15.4 Å². The fraction of sp³-hybridized carbons (Fsp3) is 0.391.